The minimum atomic E-state index is -0.477. The molecular weight excluding hydrogens is 378 g/mol. The molecule has 0 aliphatic carbocycles. The zero-order valence-electron chi connectivity index (χ0n) is 16.5. The van der Waals surface area contributed by atoms with Crippen molar-refractivity contribution in [2.75, 3.05) is 0 Å². The molecule has 0 radical (unpaired) electrons. The second kappa shape index (κ2) is 8.16. The van der Waals surface area contributed by atoms with Gasteiger partial charge in [0.15, 0.2) is 0 Å². The summed E-state index contributed by atoms with van der Waals surface area (Å²) in [5, 5.41) is 11.2. The SMILES string of the molecule is Cc1ccc2n[nH]c(CNC(=O)c3cncc(Cc4ccccc4C(N)=O)c3)c2c1. The molecule has 0 aliphatic heterocycles. The van der Waals surface area contributed by atoms with Gasteiger partial charge in [-0.2, -0.15) is 5.10 Å². The molecule has 0 aliphatic rings. The summed E-state index contributed by atoms with van der Waals surface area (Å²) in [6.07, 6.45) is 3.66. The van der Waals surface area contributed by atoms with E-state index in [1.807, 2.05) is 37.3 Å². The summed E-state index contributed by atoms with van der Waals surface area (Å²) in [5.41, 5.74) is 10.8. The topological polar surface area (TPSA) is 114 Å². The third-order valence-corrected chi connectivity index (χ3v) is 4.95. The highest BCUT2D eigenvalue weighted by Crippen LogP contribution is 2.18. The molecule has 0 atom stereocenters. The van der Waals surface area contributed by atoms with Gasteiger partial charge in [0.2, 0.25) is 5.91 Å². The fourth-order valence-electron chi connectivity index (χ4n) is 3.43. The number of benzene rings is 2. The number of hydrogen-bond acceptors (Lipinski definition) is 4. The standard InChI is InChI=1S/C23H21N5O2/c1-14-6-7-20-19(8-14)21(28-27-20)13-26-23(30)17-10-15(11-25-12-17)9-16-4-2-3-5-18(16)22(24)29/h2-8,10-12H,9,13H2,1H3,(H2,24,29)(H,26,30)(H,27,28). The Hall–Kier alpha value is -4.00. The zero-order chi connectivity index (χ0) is 21.1. The summed E-state index contributed by atoms with van der Waals surface area (Å²) in [4.78, 5) is 28.5. The monoisotopic (exact) mass is 399 g/mol. The number of fused-ring (bicyclic) bond motifs is 1. The van der Waals surface area contributed by atoms with Crippen molar-refractivity contribution in [2.24, 2.45) is 5.73 Å². The molecular formula is C23H21N5O2. The number of primary amides is 1. The summed E-state index contributed by atoms with van der Waals surface area (Å²) in [6.45, 7) is 2.34. The van der Waals surface area contributed by atoms with E-state index in [1.165, 1.54) is 6.20 Å². The third kappa shape index (κ3) is 4.05. The lowest BCUT2D eigenvalue weighted by atomic mass is 9.99. The van der Waals surface area contributed by atoms with Crippen molar-refractivity contribution in [3.05, 3.63) is 94.4 Å². The Labute approximate surface area is 173 Å². The Kier molecular flexibility index (Phi) is 5.26. The van der Waals surface area contributed by atoms with Crippen LogP contribution in [0.25, 0.3) is 10.9 Å². The van der Waals surface area contributed by atoms with Crippen LogP contribution in [-0.4, -0.2) is 27.0 Å². The van der Waals surface area contributed by atoms with E-state index in [9.17, 15) is 9.59 Å². The number of nitrogens with two attached hydrogens (primary N) is 1. The van der Waals surface area contributed by atoms with Crippen molar-refractivity contribution in [2.45, 2.75) is 19.9 Å². The highest BCUT2D eigenvalue weighted by Gasteiger charge is 2.12. The maximum atomic E-state index is 12.7. The average molecular weight is 399 g/mol. The van der Waals surface area contributed by atoms with E-state index in [2.05, 4.69) is 20.5 Å². The number of nitrogens with one attached hydrogen (secondary N) is 2. The van der Waals surface area contributed by atoms with Crippen LogP contribution in [0.1, 0.15) is 43.1 Å². The third-order valence-electron chi connectivity index (χ3n) is 4.95. The number of carbonyl (C=O) groups excluding carboxylic acids is 2. The second-order valence-corrected chi connectivity index (χ2v) is 7.19. The lowest BCUT2D eigenvalue weighted by molar-refractivity contribution is 0.0948. The molecule has 7 heteroatoms. The van der Waals surface area contributed by atoms with E-state index in [4.69, 9.17) is 5.73 Å². The lowest BCUT2D eigenvalue weighted by Crippen LogP contribution is -2.23. The van der Waals surface area contributed by atoms with Crippen LogP contribution in [-0.2, 0) is 13.0 Å². The number of pyridine rings is 1. The fraction of sp³-hybridized carbons (Fsp3) is 0.130. The Balaban J connectivity index is 1.49. The van der Waals surface area contributed by atoms with Crippen molar-refractivity contribution >= 4 is 22.7 Å². The van der Waals surface area contributed by atoms with Crippen LogP contribution in [0.2, 0.25) is 0 Å². The van der Waals surface area contributed by atoms with Gasteiger partial charge >= 0.3 is 0 Å². The van der Waals surface area contributed by atoms with Crippen molar-refractivity contribution in [1.82, 2.24) is 20.5 Å². The van der Waals surface area contributed by atoms with Gasteiger partial charge in [0.1, 0.15) is 0 Å². The Morgan fingerprint density at radius 3 is 2.77 bits per heavy atom. The van der Waals surface area contributed by atoms with Crippen LogP contribution in [0.4, 0.5) is 0 Å². The molecule has 4 rings (SSSR count). The van der Waals surface area contributed by atoms with Crippen LogP contribution in [0, 0.1) is 6.92 Å². The maximum Gasteiger partial charge on any atom is 0.253 e. The summed E-state index contributed by atoms with van der Waals surface area (Å²) in [6, 6.07) is 14.9. The molecule has 30 heavy (non-hydrogen) atoms. The molecule has 2 amide bonds. The van der Waals surface area contributed by atoms with Crippen LogP contribution in [0.3, 0.4) is 0 Å². The van der Waals surface area contributed by atoms with Crippen LogP contribution < -0.4 is 11.1 Å². The normalized spacial score (nSPS) is 10.8. The van der Waals surface area contributed by atoms with E-state index >= 15 is 0 Å². The molecule has 0 saturated heterocycles. The first-order valence-corrected chi connectivity index (χ1v) is 9.54. The predicted molar refractivity (Wildman–Crippen MR) is 114 cm³/mol. The van der Waals surface area contributed by atoms with E-state index in [1.54, 1.807) is 24.4 Å². The number of hydrogen-bond donors (Lipinski definition) is 3. The first-order valence-electron chi connectivity index (χ1n) is 9.54. The van der Waals surface area contributed by atoms with Gasteiger partial charge in [0, 0.05) is 23.3 Å². The van der Waals surface area contributed by atoms with E-state index in [0.29, 0.717) is 24.1 Å². The van der Waals surface area contributed by atoms with E-state index in [-0.39, 0.29) is 5.91 Å². The molecule has 150 valence electrons. The van der Waals surface area contributed by atoms with E-state index < -0.39 is 5.91 Å². The number of aromatic amines is 1. The van der Waals surface area contributed by atoms with Crippen molar-refractivity contribution in [3.8, 4) is 0 Å². The average Bonchev–Trinajstić information content (AvgIpc) is 3.14. The number of carbonyl (C=O) groups is 2. The smallest absolute Gasteiger partial charge is 0.253 e. The summed E-state index contributed by atoms with van der Waals surface area (Å²) in [5.74, 6) is -0.711. The van der Waals surface area contributed by atoms with Gasteiger partial charge in [-0.25, -0.2) is 0 Å². The molecule has 2 heterocycles. The minimum absolute atomic E-state index is 0.233. The number of aryl methyl sites for hydroxylation is 1. The van der Waals surface area contributed by atoms with Gasteiger partial charge in [-0.05, 0) is 48.7 Å². The number of H-pyrrole nitrogens is 1. The summed E-state index contributed by atoms with van der Waals surface area (Å²) < 4.78 is 0. The fourth-order valence-corrected chi connectivity index (χ4v) is 3.43. The molecule has 0 fully saturated rings. The maximum absolute atomic E-state index is 12.7. The van der Waals surface area contributed by atoms with Gasteiger partial charge in [-0.1, -0.05) is 29.8 Å². The molecule has 4 N–H and O–H groups in total. The van der Waals surface area contributed by atoms with Crippen molar-refractivity contribution in [1.29, 1.82) is 0 Å². The largest absolute Gasteiger partial charge is 0.366 e. The minimum Gasteiger partial charge on any atom is -0.366 e. The highest BCUT2D eigenvalue weighted by atomic mass is 16.2. The van der Waals surface area contributed by atoms with Crippen LogP contribution >= 0.6 is 0 Å². The van der Waals surface area contributed by atoms with Crippen molar-refractivity contribution < 1.29 is 9.59 Å². The van der Waals surface area contributed by atoms with Gasteiger partial charge in [-0.15, -0.1) is 0 Å². The highest BCUT2D eigenvalue weighted by molar-refractivity contribution is 5.95. The van der Waals surface area contributed by atoms with Gasteiger partial charge < -0.3 is 11.1 Å². The number of rotatable bonds is 6. The first-order chi connectivity index (χ1) is 14.5. The molecule has 7 nitrogen and oxygen atoms in total. The summed E-state index contributed by atoms with van der Waals surface area (Å²) >= 11 is 0. The first kappa shape index (κ1) is 19.3. The van der Waals surface area contributed by atoms with Gasteiger partial charge in [0.05, 0.1) is 23.3 Å². The van der Waals surface area contributed by atoms with Gasteiger partial charge in [0.25, 0.3) is 5.91 Å². The van der Waals surface area contributed by atoms with Gasteiger partial charge in [-0.3, -0.25) is 19.7 Å². The Morgan fingerprint density at radius 1 is 1.10 bits per heavy atom. The molecule has 0 spiro atoms. The molecule has 0 saturated carbocycles. The number of aromatic nitrogens is 3. The number of nitrogens with zero attached hydrogens (tertiary/aromatic N) is 2. The lowest BCUT2D eigenvalue weighted by Gasteiger charge is -2.08. The Bertz CT molecular complexity index is 1250. The predicted octanol–water partition coefficient (Wildman–Crippen LogP) is 2.89. The van der Waals surface area contributed by atoms with E-state index in [0.717, 1.165) is 33.3 Å². The zero-order valence-corrected chi connectivity index (χ0v) is 16.5. The molecule has 0 bridgehead atoms. The Morgan fingerprint density at radius 2 is 1.93 bits per heavy atom. The van der Waals surface area contributed by atoms with Crippen LogP contribution in [0.15, 0.2) is 60.9 Å². The molecule has 4 aromatic rings. The molecule has 2 aromatic heterocycles. The quantitative estimate of drug-likeness (QED) is 0.462. The van der Waals surface area contributed by atoms with Crippen molar-refractivity contribution in [3.63, 3.8) is 0 Å². The summed E-state index contributed by atoms with van der Waals surface area (Å²) in [7, 11) is 0. The van der Waals surface area contributed by atoms with Crippen LogP contribution in [0.5, 0.6) is 0 Å². The molecule has 0 unspecified atom stereocenters. The second-order valence-electron chi connectivity index (χ2n) is 7.19. The molecule has 2 aromatic carbocycles. The number of amides is 2.